The van der Waals surface area contributed by atoms with Gasteiger partial charge in [0.05, 0.1) is 6.42 Å². The van der Waals surface area contributed by atoms with Crippen molar-refractivity contribution < 1.29 is 9.59 Å². The van der Waals surface area contributed by atoms with Crippen LogP contribution in [0.4, 0.5) is 0 Å². The molecular weight excluding hydrogens is 130 g/mol. The highest BCUT2D eigenvalue weighted by Gasteiger charge is 2.12. The Hall–Kier alpha value is -0.860. The monoisotopic (exact) mass is 142 g/mol. The normalized spacial score (nSPS) is 10.7. The minimum atomic E-state index is -0.275. The summed E-state index contributed by atoms with van der Waals surface area (Å²) < 4.78 is 0. The molecule has 0 saturated heterocycles. The molecule has 0 aromatic heterocycles. The van der Waals surface area contributed by atoms with Crippen LogP contribution in [-0.2, 0) is 9.59 Å². The van der Waals surface area contributed by atoms with E-state index in [2.05, 4.69) is 5.32 Å². The number of carbonyl (C=O) groups excluding carboxylic acids is 2. The first-order chi connectivity index (χ1) is 4.45. The Kier molecular flexibility index (Phi) is 3.06. The van der Waals surface area contributed by atoms with Gasteiger partial charge in [0, 0.05) is 5.54 Å². The van der Waals surface area contributed by atoms with Gasteiger partial charge in [0.1, 0.15) is 0 Å². The van der Waals surface area contributed by atoms with Gasteiger partial charge in [-0.1, -0.05) is 0 Å². The van der Waals surface area contributed by atoms with Crippen molar-refractivity contribution >= 4 is 12.2 Å². The number of amides is 1. The molecule has 0 bridgehead atoms. The summed E-state index contributed by atoms with van der Waals surface area (Å²) in [5.74, 6) is -0.275. The smallest absolute Gasteiger partial charge is 0.228 e. The van der Waals surface area contributed by atoms with E-state index in [0.717, 1.165) is 0 Å². The van der Waals surface area contributed by atoms with Crippen LogP contribution < -0.4 is 5.32 Å². The summed E-state index contributed by atoms with van der Waals surface area (Å²) in [5, 5.41) is 2.62. The third-order valence-corrected chi connectivity index (χ3v) is 0.747. The number of hydrogen-bond donors (Lipinski definition) is 1. The fourth-order valence-electron chi connectivity index (χ4n) is 0.528. The molecule has 1 amide bonds. The second-order valence-corrected chi connectivity index (χ2v) is 3.12. The Labute approximate surface area is 60.8 Å². The average molecular weight is 142 g/mol. The van der Waals surface area contributed by atoms with Crippen LogP contribution in [0.1, 0.15) is 27.2 Å². The van der Waals surface area contributed by atoms with Gasteiger partial charge in [-0.15, -0.1) is 0 Å². The largest absolute Gasteiger partial charge is 0.351 e. The number of rotatable bonds is 2. The lowest BCUT2D eigenvalue weighted by atomic mass is 10.1. The zero-order valence-corrected chi connectivity index (χ0v) is 6.52. The van der Waals surface area contributed by atoms with Crippen molar-refractivity contribution in [2.45, 2.75) is 32.7 Å². The van der Waals surface area contributed by atoms with Gasteiger partial charge >= 0.3 is 0 Å². The van der Waals surface area contributed by atoms with E-state index in [0.29, 0.717) is 0 Å². The Bertz CT molecular complexity index is 135. The van der Waals surface area contributed by atoms with E-state index in [9.17, 15) is 9.59 Å². The van der Waals surface area contributed by atoms with Crippen molar-refractivity contribution in [1.29, 1.82) is 0 Å². The molecule has 0 aliphatic carbocycles. The topological polar surface area (TPSA) is 46.2 Å². The van der Waals surface area contributed by atoms with Crippen molar-refractivity contribution in [2.24, 2.45) is 0 Å². The molecule has 3 heteroatoms. The lowest BCUT2D eigenvalue weighted by Gasteiger charge is -2.19. The maximum absolute atomic E-state index is 10.7. The third kappa shape index (κ3) is 5.28. The van der Waals surface area contributed by atoms with Crippen molar-refractivity contribution in [2.75, 3.05) is 0 Å². The molecule has 0 aliphatic heterocycles. The molecular formula is C7H12NO2. The van der Waals surface area contributed by atoms with Gasteiger partial charge in [-0.25, -0.2) is 0 Å². The molecule has 57 valence electrons. The number of hydrogen-bond acceptors (Lipinski definition) is 2. The first-order valence-electron chi connectivity index (χ1n) is 3.12. The lowest BCUT2D eigenvalue weighted by Crippen LogP contribution is -2.40. The maximum Gasteiger partial charge on any atom is 0.228 e. The highest BCUT2D eigenvalue weighted by Crippen LogP contribution is 1.97. The lowest BCUT2D eigenvalue weighted by molar-refractivity contribution is -0.121. The van der Waals surface area contributed by atoms with Crippen LogP contribution in [0.2, 0.25) is 0 Å². The maximum atomic E-state index is 10.7. The van der Waals surface area contributed by atoms with Gasteiger partial charge in [-0.3, -0.25) is 9.59 Å². The van der Waals surface area contributed by atoms with Crippen LogP contribution in [0.15, 0.2) is 0 Å². The average Bonchev–Trinajstić information content (AvgIpc) is 1.59. The summed E-state index contributed by atoms with van der Waals surface area (Å²) in [6.45, 7) is 5.57. The molecule has 0 unspecified atom stereocenters. The molecule has 0 aromatic carbocycles. The number of nitrogens with one attached hydrogen (secondary N) is 1. The molecule has 0 spiro atoms. The SMILES string of the molecule is CC(C)(C)NC(=O)C[C]=O. The van der Waals surface area contributed by atoms with Crippen LogP contribution >= 0.6 is 0 Å². The number of carbonyl (C=O) groups is 1. The molecule has 0 aliphatic rings. The summed E-state index contributed by atoms with van der Waals surface area (Å²) in [4.78, 5) is 20.4. The molecule has 0 heterocycles. The Morgan fingerprint density at radius 3 is 2.30 bits per heavy atom. The van der Waals surface area contributed by atoms with E-state index >= 15 is 0 Å². The minimum absolute atomic E-state index is 0.169. The predicted molar refractivity (Wildman–Crippen MR) is 38.2 cm³/mol. The van der Waals surface area contributed by atoms with Crippen LogP contribution in [0.5, 0.6) is 0 Å². The predicted octanol–water partition coefficient (Wildman–Crippen LogP) is 0.401. The molecule has 1 radical (unpaired) electrons. The van der Waals surface area contributed by atoms with Crippen LogP contribution in [0.25, 0.3) is 0 Å². The van der Waals surface area contributed by atoms with Gasteiger partial charge in [-0.2, -0.15) is 0 Å². The van der Waals surface area contributed by atoms with Crippen molar-refractivity contribution in [3.63, 3.8) is 0 Å². The first kappa shape index (κ1) is 9.14. The highest BCUT2D eigenvalue weighted by atomic mass is 16.2. The van der Waals surface area contributed by atoms with Gasteiger partial charge in [0.2, 0.25) is 12.2 Å². The zero-order chi connectivity index (χ0) is 8.20. The summed E-state index contributed by atoms with van der Waals surface area (Å²) in [6, 6.07) is 0. The van der Waals surface area contributed by atoms with Gasteiger partial charge < -0.3 is 5.32 Å². The quantitative estimate of drug-likeness (QED) is 0.567. The highest BCUT2D eigenvalue weighted by molar-refractivity contribution is 5.88. The molecule has 10 heavy (non-hydrogen) atoms. The van der Waals surface area contributed by atoms with Crippen LogP contribution in [0, 0.1) is 0 Å². The Morgan fingerprint density at radius 2 is 2.00 bits per heavy atom. The fraction of sp³-hybridized carbons (Fsp3) is 0.714. The second kappa shape index (κ2) is 3.34. The molecule has 0 aromatic rings. The molecule has 0 fully saturated rings. The van der Waals surface area contributed by atoms with E-state index < -0.39 is 0 Å². The standard InChI is InChI=1S/C7H12NO2/c1-7(2,3)8-6(10)4-5-9/h4H2,1-3H3,(H,8,10). The molecule has 0 saturated carbocycles. The van der Waals surface area contributed by atoms with Gasteiger partial charge in [0.25, 0.3) is 0 Å². The van der Waals surface area contributed by atoms with Crippen LogP contribution in [0.3, 0.4) is 0 Å². The van der Waals surface area contributed by atoms with E-state index in [1.165, 1.54) is 6.29 Å². The summed E-state index contributed by atoms with van der Waals surface area (Å²) in [7, 11) is 0. The third-order valence-electron chi connectivity index (χ3n) is 0.747. The Balaban J connectivity index is 3.68. The summed E-state index contributed by atoms with van der Waals surface area (Å²) >= 11 is 0. The second-order valence-electron chi connectivity index (χ2n) is 3.12. The van der Waals surface area contributed by atoms with E-state index in [1.54, 1.807) is 0 Å². The molecule has 3 nitrogen and oxygen atoms in total. The van der Waals surface area contributed by atoms with Gasteiger partial charge in [-0.05, 0) is 20.8 Å². The van der Waals surface area contributed by atoms with E-state index in [1.807, 2.05) is 20.8 Å². The Morgan fingerprint density at radius 1 is 1.50 bits per heavy atom. The van der Waals surface area contributed by atoms with E-state index in [-0.39, 0.29) is 17.9 Å². The molecule has 0 rings (SSSR count). The minimum Gasteiger partial charge on any atom is -0.351 e. The first-order valence-corrected chi connectivity index (χ1v) is 3.12. The summed E-state index contributed by atoms with van der Waals surface area (Å²) in [6.07, 6.45) is 1.36. The zero-order valence-electron chi connectivity index (χ0n) is 6.52. The van der Waals surface area contributed by atoms with Crippen molar-refractivity contribution in [1.82, 2.24) is 5.32 Å². The van der Waals surface area contributed by atoms with Crippen molar-refractivity contribution in [3.05, 3.63) is 0 Å². The van der Waals surface area contributed by atoms with Crippen LogP contribution in [-0.4, -0.2) is 17.7 Å². The van der Waals surface area contributed by atoms with Gasteiger partial charge in [0.15, 0.2) is 0 Å². The van der Waals surface area contributed by atoms with E-state index in [4.69, 9.17) is 0 Å². The van der Waals surface area contributed by atoms with Crippen molar-refractivity contribution in [3.8, 4) is 0 Å². The molecule has 0 atom stereocenters. The fourth-order valence-corrected chi connectivity index (χ4v) is 0.528. The summed E-state index contributed by atoms with van der Waals surface area (Å²) in [5.41, 5.74) is -0.256. The molecule has 1 N–H and O–H groups in total.